The quantitative estimate of drug-likeness (QED) is 0.841. The molecule has 0 aromatic carbocycles. The Balaban J connectivity index is 2.21. The summed E-state index contributed by atoms with van der Waals surface area (Å²) < 4.78 is 0.855. The highest BCUT2D eigenvalue weighted by Gasteiger charge is 2.15. The zero-order valence-electron chi connectivity index (χ0n) is 9.07. The Morgan fingerprint density at radius 3 is 2.81 bits per heavy atom. The molecule has 0 saturated carbocycles. The predicted molar refractivity (Wildman–Crippen MR) is 73.8 cm³/mol. The molecule has 0 aliphatic heterocycles. The van der Waals surface area contributed by atoms with Crippen molar-refractivity contribution in [1.82, 2.24) is 5.32 Å². The van der Waals surface area contributed by atoms with Crippen LogP contribution in [0.5, 0.6) is 0 Å². The van der Waals surface area contributed by atoms with Crippen molar-refractivity contribution in [2.45, 2.75) is 19.4 Å². The van der Waals surface area contributed by atoms with Crippen LogP contribution in [0.2, 0.25) is 4.34 Å². The first-order valence-corrected chi connectivity index (χ1v) is 7.45. The summed E-state index contributed by atoms with van der Waals surface area (Å²) in [5.41, 5.74) is 1.33. The zero-order valence-corrected chi connectivity index (χ0v) is 11.5. The maximum Gasteiger partial charge on any atom is 0.0931 e. The lowest BCUT2D eigenvalue weighted by molar-refractivity contribution is 0.607. The fraction of sp³-hybridized carbons (Fsp3) is 0.333. The van der Waals surface area contributed by atoms with Gasteiger partial charge in [0.05, 0.1) is 10.4 Å². The van der Waals surface area contributed by atoms with Crippen LogP contribution < -0.4 is 5.32 Å². The minimum Gasteiger partial charge on any atom is -0.306 e. The first kappa shape index (κ1) is 12.1. The molecule has 1 nitrogen and oxygen atoms in total. The molecule has 1 N–H and O–H groups in total. The van der Waals surface area contributed by atoms with Gasteiger partial charge >= 0.3 is 0 Å². The molecule has 0 spiro atoms. The van der Waals surface area contributed by atoms with Crippen molar-refractivity contribution in [2.24, 2.45) is 0 Å². The van der Waals surface area contributed by atoms with Crippen molar-refractivity contribution in [3.8, 4) is 0 Å². The van der Waals surface area contributed by atoms with Gasteiger partial charge in [-0.1, -0.05) is 18.5 Å². The van der Waals surface area contributed by atoms with Gasteiger partial charge in [-0.3, -0.25) is 0 Å². The van der Waals surface area contributed by atoms with Crippen molar-refractivity contribution >= 4 is 34.3 Å². The molecule has 0 aliphatic rings. The van der Waals surface area contributed by atoms with Crippen LogP contribution in [-0.4, -0.2) is 6.54 Å². The molecule has 0 aliphatic carbocycles. The molecule has 2 aromatic rings. The average Bonchev–Trinajstić information content (AvgIpc) is 2.91. The normalized spacial score (nSPS) is 12.9. The van der Waals surface area contributed by atoms with Crippen LogP contribution in [0.3, 0.4) is 0 Å². The highest BCUT2D eigenvalue weighted by molar-refractivity contribution is 7.16. The van der Waals surface area contributed by atoms with Crippen LogP contribution in [0.4, 0.5) is 0 Å². The van der Waals surface area contributed by atoms with E-state index in [9.17, 15) is 0 Å². The van der Waals surface area contributed by atoms with Gasteiger partial charge in [0.2, 0.25) is 0 Å². The van der Waals surface area contributed by atoms with E-state index in [1.807, 2.05) is 6.07 Å². The van der Waals surface area contributed by atoms with Crippen LogP contribution in [0.1, 0.15) is 29.8 Å². The summed E-state index contributed by atoms with van der Waals surface area (Å²) in [6, 6.07) is 6.54. The number of nitrogens with one attached hydrogen (secondary N) is 1. The van der Waals surface area contributed by atoms with Crippen molar-refractivity contribution in [3.63, 3.8) is 0 Å². The number of hydrogen-bond donors (Lipinski definition) is 1. The van der Waals surface area contributed by atoms with Crippen molar-refractivity contribution in [3.05, 3.63) is 43.7 Å². The minimum atomic E-state index is 0.295. The van der Waals surface area contributed by atoms with Gasteiger partial charge in [-0.05, 0) is 47.5 Å². The molecule has 0 fully saturated rings. The third-order valence-electron chi connectivity index (χ3n) is 2.35. The van der Waals surface area contributed by atoms with Crippen LogP contribution in [0.15, 0.2) is 29.0 Å². The maximum absolute atomic E-state index is 5.99. The maximum atomic E-state index is 5.99. The van der Waals surface area contributed by atoms with E-state index >= 15 is 0 Å². The Bertz CT molecular complexity index is 422. The minimum absolute atomic E-state index is 0.295. The van der Waals surface area contributed by atoms with Gasteiger partial charge in [0.1, 0.15) is 0 Å². The molecular weight excluding hydrogens is 258 g/mol. The first-order valence-electron chi connectivity index (χ1n) is 5.32. The Morgan fingerprint density at radius 1 is 1.38 bits per heavy atom. The van der Waals surface area contributed by atoms with Gasteiger partial charge in [-0.15, -0.1) is 11.3 Å². The van der Waals surface area contributed by atoms with E-state index in [1.165, 1.54) is 10.4 Å². The standard InChI is InChI=1S/C12H14ClNS2/c1-2-6-14-12(9-5-7-15-8-9)10-3-4-11(13)16-10/h3-5,7-8,12,14H,2,6H2,1H3. The van der Waals surface area contributed by atoms with Gasteiger partial charge in [0.25, 0.3) is 0 Å². The summed E-state index contributed by atoms with van der Waals surface area (Å²) in [5, 5.41) is 7.87. The fourth-order valence-electron chi connectivity index (χ4n) is 1.59. The fourth-order valence-corrected chi connectivity index (χ4v) is 3.44. The number of thiophene rings is 2. The lowest BCUT2D eigenvalue weighted by Gasteiger charge is -2.15. The van der Waals surface area contributed by atoms with Crippen molar-refractivity contribution in [2.75, 3.05) is 6.54 Å². The Labute approximate surface area is 109 Å². The molecule has 1 atom stereocenters. The van der Waals surface area contributed by atoms with Gasteiger partial charge in [-0.2, -0.15) is 11.3 Å². The molecule has 2 aromatic heterocycles. The van der Waals surface area contributed by atoms with Crippen LogP contribution in [0, 0.1) is 0 Å². The smallest absolute Gasteiger partial charge is 0.0931 e. The summed E-state index contributed by atoms with van der Waals surface area (Å²) in [7, 11) is 0. The molecule has 0 radical (unpaired) electrons. The number of rotatable bonds is 5. The second kappa shape index (κ2) is 5.82. The van der Waals surface area contributed by atoms with E-state index < -0.39 is 0 Å². The summed E-state index contributed by atoms with van der Waals surface area (Å²) in [4.78, 5) is 1.29. The summed E-state index contributed by atoms with van der Waals surface area (Å²) in [5.74, 6) is 0. The lowest BCUT2D eigenvalue weighted by Crippen LogP contribution is -2.21. The molecular formula is C12H14ClNS2. The average molecular weight is 272 g/mol. The molecule has 1 unspecified atom stereocenters. The SMILES string of the molecule is CCCNC(c1ccsc1)c1ccc(Cl)s1. The lowest BCUT2D eigenvalue weighted by atomic mass is 10.1. The van der Waals surface area contributed by atoms with Gasteiger partial charge < -0.3 is 5.32 Å². The van der Waals surface area contributed by atoms with Crippen LogP contribution in [0.25, 0.3) is 0 Å². The second-order valence-electron chi connectivity index (χ2n) is 3.59. The summed E-state index contributed by atoms with van der Waals surface area (Å²) >= 11 is 9.38. The van der Waals surface area contributed by atoms with Crippen LogP contribution in [-0.2, 0) is 0 Å². The van der Waals surface area contributed by atoms with E-state index in [2.05, 4.69) is 35.1 Å². The van der Waals surface area contributed by atoms with Crippen molar-refractivity contribution < 1.29 is 0 Å². The molecule has 2 heterocycles. The Kier molecular flexibility index (Phi) is 4.41. The highest BCUT2D eigenvalue weighted by Crippen LogP contribution is 2.31. The third kappa shape index (κ3) is 2.86. The van der Waals surface area contributed by atoms with E-state index in [0.717, 1.165) is 17.3 Å². The molecule has 2 rings (SSSR count). The van der Waals surface area contributed by atoms with E-state index in [-0.39, 0.29) is 0 Å². The van der Waals surface area contributed by atoms with Crippen LogP contribution >= 0.6 is 34.3 Å². The highest BCUT2D eigenvalue weighted by atomic mass is 35.5. The largest absolute Gasteiger partial charge is 0.306 e. The molecule has 86 valence electrons. The molecule has 0 saturated heterocycles. The van der Waals surface area contributed by atoms with Crippen molar-refractivity contribution in [1.29, 1.82) is 0 Å². The Hall–Kier alpha value is -0.350. The molecule has 16 heavy (non-hydrogen) atoms. The Morgan fingerprint density at radius 2 is 2.25 bits per heavy atom. The van der Waals surface area contributed by atoms with E-state index in [1.54, 1.807) is 22.7 Å². The first-order chi connectivity index (χ1) is 7.81. The zero-order chi connectivity index (χ0) is 11.4. The predicted octanol–water partition coefficient (Wildman–Crippen LogP) is 4.55. The van der Waals surface area contributed by atoms with Gasteiger partial charge in [0.15, 0.2) is 0 Å². The molecule has 0 amide bonds. The van der Waals surface area contributed by atoms with E-state index in [4.69, 9.17) is 11.6 Å². The summed E-state index contributed by atoms with van der Waals surface area (Å²) in [6.45, 7) is 3.20. The van der Waals surface area contributed by atoms with E-state index in [0.29, 0.717) is 6.04 Å². The van der Waals surface area contributed by atoms with Gasteiger partial charge in [0, 0.05) is 4.88 Å². The molecule has 0 bridgehead atoms. The summed E-state index contributed by atoms with van der Waals surface area (Å²) in [6.07, 6.45) is 1.14. The monoisotopic (exact) mass is 271 g/mol. The molecule has 4 heteroatoms. The third-order valence-corrected chi connectivity index (χ3v) is 4.35. The second-order valence-corrected chi connectivity index (χ2v) is 6.11. The number of hydrogen-bond acceptors (Lipinski definition) is 3. The van der Waals surface area contributed by atoms with Gasteiger partial charge in [-0.25, -0.2) is 0 Å². The topological polar surface area (TPSA) is 12.0 Å². The number of halogens is 1.